The van der Waals surface area contributed by atoms with Crippen molar-refractivity contribution in [3.8, 4) is 5.75 Å². The summed E-state index contributed by atoms with van der Waals surface area (Å²) in [4.78, 5) is 28.3. The van der Waals surface area contributed by atoms with E-state index in [4.69, 9.17) is 14.6 Å². The lowest BCUT2D eigenvalue weighted by molar-refractivity contribution is -0.131. The Morgan fingerprint density at radius 1 is 1.45 bits per heavy atom. The normalized spacial score (nSPS) is 14.4. The number of aliphatic carboxylic acids is 1. The molecule has 0 bridgehead atoms. The van der Waals surface area contributed by atoms with E-state index in [0.717, 1.165) is 6.08 Å². The minimum atomic E-state index is -1.05. The van der Waals surface area contributed by atoms with E-state index in [-0.39, 0.29) is 0 Å². The number of hydrogen-bond acceptors (Lipinski definition) is 5. The summed E-state index contributed by atoms with van der Waals surface area (Å²) in [6, 6.07) is 1.64. The molecule has 0 aliphatic carbocycles. The van der Waals surface area contributed by atoms with E-state index in [9.17, 15) is 9.59 Å². The van der Waals surface area contributed by atoms with Gasteiger partial charge in [-0.15, -0.1) is 0 Å². The van der Waals surface area contributed by atoms with Crippen LogP contribution in [-0.4, -0.2) is 40.9 Å². The molecule has 1 aromatic rings. The van der Waals surface area contributed by atoms with Gasteiger partial charge in [0.2, 0.25) is 0 Å². The fraction of sp³-hybridized carbons (Fsp3) is 0.400. The Bertz CT molecular complexity index is 619. The van der Waals surface area contributed by atoms with Gasteiger partial charge in [0.1, 0.15) is 12.2 Å². The van der Waals surface area contributed by atoms with Crippen LogP contribution in [0.2, 0.25) is 0 Å². The van der Waals surface area contributed by atoms with Gasteiger partial charge in [-0.1, -0.05) is 0 Å². The third kappa shape index (κ3) is 3.97. The third-order valence-electron chi connectivity index (χ3n) is 2.71. The van der Waals surface area contributed by atoms with Crippen molar-refractivity contribution in [2.45, 2.75) is 26.4 Å². The number of nitrogens with zero attached hydrogens (tertiary/aromatic N) is 2. The summed E-state index contributed by atoms with van der Waals surface area (Å²) in [5.41, 5.74) is -0.0214. The number of aromatic nitrogens is 1. The molecule has 0 saturated carbocycles. The molecule has 7 heteroatoms. The van der Waals surface area contributed by atoms with Crippen molar-refractivity contribution in [2.75, 3.05) is 18.1 Å². The molecular weight excluding hydrogens is 288 g/mol. The van der Waals surface area contributed by atoms with Crippen LogP contribution in [0.15, 0.2) is 18.3 Å². The lowest BCUT2D eigenvalue weighted by Crippen LogP contribution is -2.42. The molecule has 118 valence electrons. The molecule has 0 aromatic carbocycles. The minimum absolute atomic E-state index is 0.319. The van der Waals surface area contributed by atoms with Gasteiger partial charge in [0.15, 0.2) is 11.6 Å². The summed E-state index contributed by atoms with van der Waals surface area (Å²) >= 11 is 0. The number of pyridine rings is 1. The van der Waals surface area contributed by atoms with Crippen LogP contribution in [0.3, 0.4) is 0 Å². The number of amides is 1. The van der Waals surface area contributed by atoms with Crippen LogP contribution < -0.4 is 9.64 Å². The molecule has 0 radical (unpaired) electrons. The molecule has 22 heavy (non-hydrogen) atoms. The molecule has 1 aliphatic heterocycles. The van der Waals surface area contributed by atoms with Gasteiger partial charge in [0.25, 0.3) is 0 Å². The predicted molar refractivity (Wildman–Crippen MR) is 80.0 cm³/mol. The number of rotatable bonds is 2. The Balaban J connectivity index is 2.24. The average molecular weight is 306 g/mol. The summed E-state index contributed by atoms with van der Waals surface area (Å²) in [5, 5.41) is 8.63. The number of hydrogen-bond donors (Lipinski definition) is 1. The summed E-state index contributed by atoms with van der Waals surface area (Å²) in [7, 11) is 0. The zero-order chi connectivity index (χ0) is 16.3. The highest BCUT2D eigenvalue weighted by molar-refractivity contribution is 5.89. The number of carboxylic acids is 1. The van der Waals surface area contributed by atoms with Crippen LogP contribution in [0.1, 0.15) is 26.3 Å². The fourth-order valence-electron chi connectivity index (χ4n) is 1.87. The van der Waals surface area contributed by atoms with E-state index in [1.165, 1.54) is 17.2 Å². The molecule has 0 saturated heterocycles. The topological polar surface area (TPSA) is 89.0 Å². The summed E-state index contributed by atoms with van der Waals surface area (Å²) in [6.07, 6.45) is 3.41. The lowest BCUT2D eigenvalue weighted by Gasteiger charge is -2.30. The molecular formula is C15H18N2O5. The van der Waals surface area contributed by atoms with Crippen molar-refractivity contribution in [3.05, 3.63) is 23.9 Å². The molecule has 0 atom stereocenters. The largest absolute Gasteiger partial charge is 0.488 e. The number of anilines is 1. The maximum absolute atomic E-state index is 12.2. The van der Waals surface area contributed by atoms with E-state index >= 15 is 0 Å². The van der Waals surface area contributed by atoms with Crippen LogP contribution in [-0.2, 0) is 9.53 Å². The van der Waals surface area contributed by atoms with Gasteiger partial charge in [-0.2, -0.15) is 0 Å². The van der Waals surface area contributed by atoms with Crippen LogP contribution in [0, 0.1) is 0 Å². The summed E-state index contributed by atoms with van der Waals surface area (Å²) < 4.78 is 10.8. The van der Waals surface area contributed by atoms with E-state index < -0.39 is 17.7 Å². The van der Waals surface area contributed by atoms with E-state index in [1.807, 2.05) is 0 Å². The number of fused-ring (bicyclic) bond motifs is 1. The van der Waals surface area contributed by atoms with Crippen molar-refractivity contribution in [1.29, 1.82) is 0 Å². The first kappa shape index (κ1) is 15.8. The number of carbonyl (C=O) groups is 2. The summed E-state index contributed by atoms with van der Waals surface area (Å²) in [5.74, 6) is -0.258. The van der Waals surface area contributed by atoms with Crippen molar-refractivity contribution in [2.24, 2.45) is 0 Å². The second kappa shape index (κ2) is 6.05. The van der Waals surface area contributed by atoms with Crippen LogP contribution in [0.5, 0.6) is 5.75 Å². The van der Waals surface area contributed by atoms with Crippen molar-refractivity contribution in [1.82, 2.24) is 4.98 Å². The Morgan fingerprint density at radius 3 is 2.82 bits per heavy atom. The minimum Gasteiger partial charge on any atom is -0.488 e. The van der Waals surface area contributed by atoms with Gasteiger partial charge in [-0.25, -0.2) is 14.6 Å². The first-order valence-corrected chi connectivity index (χ1v) is 6.80. The smallest absolute Gasteiger partial charge is 0.416 e. The molecule has 0 spiro atoms. The maximum atomic E-state index is 12.2. The standard InChI is InChI=1S/C15H18N2O5/c1-15(2,3)22-14(20)17-6-7-21-11-8-10(4-5-12(18)19)9-16-13(11)17/h4-5,8-9H,6-7H2,1-3H3,(H,18,19)/b5-4+. The zero-order valence-electron chi connectivity index (χ0n) is 12.7. The fourth-order valence-corrected chi connectivity index (χ4v) is 1.87. The van der Waals surface area contributed by atoms with E-state index in [2.05, 4.69) is 4.98 Å². The average Bonchev–Trinajstić information content (AvgIpc) is 2.42. The molecule has 1 aromatic heterocycles. The Labute approximate surface area is 128 Å². The number of carboxylic acid groups (broad SMARTS) is 1. The molecule has 2 heterocycles. The van der Waals surface area contributed by atoms with Crippen molar-refractivity contribution >= 4 is 24.0 Å². The number of carbonyl (C=O) groups excluding carboxylic acids is 1. The monoisotopic (exact) mass is 306 g/mol. The van der Waals surface area contributed by atoms with Crippen molar-refractivity contribution < 1.29 is 24.2 Å². The molecule has 2 rings (SSSR count). The zero-order valence-corrected chi connectivity index (χ0v) is 12.7. The van der Waals surface area contributed by atoms with Gasteiger partial charge in [0.05, 0.1) is 6.54 Å². The highest BCUT2D eigenvalue weighted by Crippen LogP contribution is 2.31. The molecule has 0 fully saturated rings. The quantitative estimate of drug-likeness (QED) is 0.843. The molecule has 1 amide bonds. The first-order chi connectivity index (χ1) is 10.3. The highest BCUT2D eigenvalue weighted by atomic mass is 16.6. The van der Waals surface area contributed by atoms with E-state index in [0.29, 0.717) is 30.3 Å². The van der Waals surface area contributed by atoms with Crippen molar-refractivity contribution in [3.63, 3.8) is 0 Å². The predicted octanol–water partition coefficient (Wildman–Crippen LogP) is 2.31. The van der Waals surface area contributed by atoms with Crippen LogP contribution >= 0.6 is 0 Å². The summed E-state index contributed by atoms with van der Waals surface area (Å²) in [6.45, 7) is 6.04. The second-order valence-electron chi connectivity index (χ2n) is 5.74. The van der Waals surface area contributed by atoms with Crippen LogP contribution in [0.25, 0.3) is 6.08 Å². The lowest BCUT2D eigenvalue weighted by atomic mass is 10.2. The highest BCUT2D eigenvalue weighted by Gasteiger charge is 2.29. The Morgan fingerprint density at radius 2 is 2.18 bits per heavy atom. The van der Waals surface area contributed by atoms with E-state index in [1.54, 1.807) is 26.8 Å². The van der Waals surface area contributed by atoms with Gasteiger partial charge in [0, 0.05) is 12.3 Å². The second-order valence-corrected chi connectivity index (χ2v) is 5.74. The molecule has 1 N–H and O–H groups in total. The Kier molecular flexibility index (Phi) is 4.35. The van der Waals surface area contributed by atoms with Crippen LogP contribution in [0.4, 0.5) is 10.6 Å². The van der Waals surface area contributed by atoms with Gasteiger partial charge in [-0.3, -0.25) is 4.90 Å². The van der Waals surface area contributed by atoms with Gasteiger partial charge in [-0.05, 0) is 38.5 Å². The van der Waals surface area contributed by atoms with Gasteiger partial charge >= 0.3 is 12.1 Å². The third-order valence-corrected chi connectivity index (χ3v) is 2.71. The Hall–Kier alpha value is -2.57. The first-order valence-electron chi connectivity index (χ1n) is 6.80. The SMILES string of the molecule is CC(C)(C)OC(=O)N1CCOc2cc(/C=C/C(=O)O)cnc21. The molecule has 7 nitrogen and oxygen atoms in total. The number of ether oxygens (including phenoxy) is 2. The molecule has 1 aliphatic rings. The molecule has 0 unspecified atom stereocenters. The maximum Gasteiger partial charge on any atom is 0.416 e. The van der Waals surface area contributed by atoms with Gasteiger partial charge < -0.3 is 14.6 Å².